The quantitative estimate of drug-likeness (QED) is 0.844. The Morgan fingerprint density at radius 2 is 2.06 bits per heavy atom. The molecule has 90 valence electrons. The maximum Gasteiger partial charge on any atom is 0.325 e. The number of rotatable bonds is 3. The standard InChI is InChI=1S/C12H9N3O3/c13-5-8-1-3-9(4-2-8)10-6-14-15(12(10)18)7-11(16)17/h1-4,6,18H,7H2,(H,16,17). The van der Waals surface area contributed by atoms with Gasteiger partial charge in [-0.15, -0.1) is 0 Å². The number of nitrogens with zero attached hydrogens (tertiary/aromatic N) is 3. The van der Waals surface area contributed by atoms with E-state index >= 15 is 0 Å². The highest BCUT2D eigenvalue weighted by Crippen LogP contribution is 2.28. The molecule has 0 fully saturated rings. The molecule has 0 unspecified atom stereocenters. The summed E-state index contributed by atoms with van der Waals surface area (Å²) in [6.07, 6.45) is 1.39. The van der Waals surface area contributed by atoms with Crippen LogP contribution in [0.1, 0.15) is 5.56 Å². The van der Waals surface area contributed by atoms with Crippen LogP contribution >= 0.6 is 0 Å². The highest BCUT2D eigenvalue weighted by atomic mass is 16.4. The lowest BCUT2D eigenvalue weighted by Gasteiger charge is -2.01. The van der Waals surface area contributed by atoms with Gasteiger partial charge in [0.1, 0.15) is 6.54 Å². The maximum absolute atomic E-state index is 10.5. The van der Waals surface area contributed by atoms with Crippen molar-refractivity contribution in [3.05, 3.63) is 36.0 Å². The maximum atomic E-state index is 10.5. The first-order chi connectivity index (χ1) is 8.61. The molecule has 1 aromatic heterocycles. The topological polar surface area (TPSA) is 99.1 Å². The molecule has 0 aliphatic carbocycles. The summed E-state index contributed by atoms with van der Waals surface area (Å²) in [5.74, 6) is -1.29. The summed E-state index contributed by atoms with van der Waals surface area (Å²) in [6, 6.07) is 8.55. The number of aromatic hydroxyl groups is 1. The number of nitriles is 1. The van der Waals surface area contributed by atoms with E-state index in [9.17, 15) is 9.90 Å². The predicted molar refractivity (Wildman–Crippen MR) is 61.7 cm³/mol. The molecule has 0 bridgehead atoms. The first-order valence-corrected chi connectivity index (χ1v) is 5.09. The van der Waals surface area contributed by atoms with Gasteiger partial charge in [0.15, 0.2) is 0 Å². The molecular formula is C12H9N3O3. The fraction of sp³-hybridized carbons (Fsp3) is 0.0833. The van der Waals surface area contributed by atoms with E-state index in [1.807, 2.05) is 6.07 Å². The van der Waals surface area contributed by atoms with Gasteiger partial charge in [-0.1, -0.05) is 12.1 Å². The molecule has 0 saturated heterocycles. The van der Waals surface area contributed by atoms with Crippen molar-refractivity contribution in [1.82, 2.24) is 9.78 Å². The van der Waals surface area contributed by atoms with Gasteiger partial charge in [0.05, 0.1) is 23.4 Å². The first-order valence-electron chi connectivity index (χ1n) is 5.09. The van der Waals surface area contributed by atoms with Crippen LogP contribution in [0.25, 0.3) is 11.1 Å². The third kappa shape index (κ3) is 2.15. The molecule has 0 aliphatic heterocycles. The average molecular weight is 243 g/mol. The highest BCUT2D eigenvalue weighted by Gasteiger charge is 2.13. The number of aromatic nitrogens is 2. The minimum Gasteiger partial charge on any atom is -0.493 e. The largest absolute Gasteiger partial charge is 0.493 e. The molecule has 2 aromatic rings. The second kappa shape index (κ2) is 4.59. The molecule has 0 amide bonds. The second-order valence-corrected chi connectivity index (χ2v) is 3.62. The van der Waals surface area contributed by atoms with E-state index in [0.717, 1.165) is 4.68 Å². The van der Waals surface area contributed by atoms with E-state index in [1.54, 1.807) is 24.3 Å². The lowest BCUT2D eigenvalue weighted by molar-refractivity contribution is -0.138. The van der Waals surface area contributed by atoms with E-state index in [-0.39, 0.29) is 5.88 Å². The molecule has 6 nitrogen and oxygen atoms in total. The second-order valence-electron chi connectivity index (χ2n) is 3.62. The van der Waals surface area contributed by atoms with Crippen molar-refractivity contribution in [2.45, 2.75) is 6.54 Å². The van der Waals surface area contributed by atoms with Gasteiger partial charge < -0.3 is 10.2 Å². The van der Waals surface area contributed by atoms with Crippen molar-refractivity contribution in [2.75, 3.05) is 0 Å². The summed E-state index contributed by atoms with van der Waals surface area (Å²) < 4.78 is 0.996. The van der Waals surface area contributed by atoms with Crippen molar-refractivity contribution in [2.24, 2.45) is 0 Å². The molecule has 0 saturated carbocycles. The van der Waals surface area contributed by atoms with Crippen LogP contribution in [0.3, 0.4) is 0 Å². The third-order valence-corrected chi connectivity index (χ3v) is 2.42. The van der Waals surface area contributed by atoms with Gasteiger partial charge in [-0.2, -0.15) is 10.4 Å². The third-order valence-electron chi connectivity index (χ3n) is 2.42. The van der Waals surface area contributed by atoms with E-state index in [2.05, 4.69) is 5.10 Å². The Labute approximate surface area is 102 Å². The van der Waals surface area contributed by atoms with Gasteiger partial charge in [-0.25, -0.2) is 4.68 Å². The Morgan fingerprint density at radius 1 is 1.39 bits per heavy atom. The molecule has 18 heavy (non-hydrogen) atoms. The van der Waals surface area contributed by atoms with Crippen molar-refractivity contribution in [3.8, 4) is 23.1 Å². The molecular weight excluding hydrogens is 234 g/mol. The van der Waals surface area contributed by atoms with Crippen molar-refractivity contribution < 1.29 is 15.0 Å². The number of carboxylic acid groups (broad SMARTS) is 1. The van der Waals surface area contributed by atoms with Crippen molar-refractivity contribution in [3.63, 3.8) is 0 Å². The zero-order valence-corrected chi connectivity index (χ0v) is 9.24. The average Bonchev–Trinajstić information content (AvgIpc) is 2.71. The molecule has 0 aliphatic rings. The van der Waals surface area contributed by atoms with Gasteiger partial charge in [0, 0.05) is 0 Å². The molecule has 2 N–H and O–H groups in total. The number of carbonyl (C=O) groups is 1. The summed E-state index contributed by atoms with van der Waals surface area (Å²) in [6.45, 7) is -0.401. The SMILES string of the molecule is N#Cc1ccc(-c2cnn(CC(=O)O)c2O)cc1. The monoisotopic (exact) mass is 243 g/mol. The Balaban J connectivity index is 2.36. The number of hydrogen-bond acceptors (Lipinski definition) is 4. The summed E-state index contributed by atoms with van der Waals surface area (Å²) in [7, 11) is 0. The van der Waals surface area contributed by atoms with E-state index in [1.165, 1.54) is 6.20 Å². The normalized spacial score (nSPS) is 9.94. The molecule has 2 rings (SSSR count). The zero-order valence-electron chi connectivity index (χ0n) is 9.24. The number of carboxylic acids is 1. The molecule has 0 radical (unpaired) electrons. The smallest absolute Gasteiger partial charge is 0.325 e. The Kier molecular flexibility index (Phi) is 2.98. The van der Waals surface area contributed by atoms with E-state index < -0.39 is 12.5 Å². The van der Waals surface area contributed by atoms with Crippen LogP contribution in [0, 0.1) is 11.3 Å². The molecule has 1 heterocycles. The summed E-state index contributed by atoms with van der Waals surface area (Å²) >= 11 is 0. The minimum atomic E-state index is -1.08. The predicted octanol–water partition coefficient (Wildman–Crippen LogP) is 1.21. The highest BCUT2D eigenvalue weighted by molar-refractivity contribution is 5.70. The van der Waals surface area contributed by atoms with Crippen molar-refractivity contribution in [1.29, 1.82) is 5.26 Å². The van der Waals surface area contributed by atoms with E-state index in [4.69, 9.17) is 10.4 Å². The summed E-state index contributed by atoms with van der Waals surface area (Å²) in [5, 5.41) is 30.9. The van der Waals surface area contributed by atoms with Crippen LogP contribution in [-0.2, 0) is 11.3 Å². The van der Waals surface area contributed by atoms with Crippen LogP contribution in [0.4, 0.5) is 0 Å². The van der Waals surface area contributed by atoms with Crippen LogP contribution in [0.2, 0.25) is 0 Å². The van der Waals surface area contributed by atoms with Crippen molar-refractivity contribution >= 4 is 5.97 Å². The van der Waals surface area contributed by atoms with Gasteiger partial charge in [-0.05, 0) is 17.7 Å². The van der Waals surface area contributed by atoms with Crippen LogP contribution in [-0.4, -0.2) is 26.0 Å². The fourth-order valence-corrected chi connectivity index (χ4v) is 1.55. The molecule has 0 atom stereocenters. The van der Waals surface area contributed by atoms with Gasteiger partial charge >= 0.3 is 5.97 Å². The number of aliphatic carboxylic acids is 1. The van der Waals surface area contributed by atoms with Gasteiger partial charge in [0.2, 0.25) is 5.88 Å². The van der Waals surface area contributed by atoms with Crippen LogP contribution < -0.4 is 0 Å². The molecule has 0 spiro atoms. The number of benzene rings is 1. The van der Waals surface area contributed by atoms with Gasteiger partial charge in [-0.3, -0.25) is 4.79 Å². The Bertz CT molecular complexity index is 623. The molecule has 6 heteroatoms. The first kappa shape index (κ1) is 11.7. The summed E-state index contributed by atoms with van der Waals surface area (Å²) in [5.41, 5.74) is 1.61. The lowest BCUT2D eigenvalue weighted by Crippen LogP contribution is -2.09. The Hall–Kier alpha value is -2.81. The van der Waals surface area contributed by atoms with Crippen LogP contribution in [0.15, 0.2) is 30.5 Å². The van der Waals surface area contributed by atoms with Gasteiger partial charge in [0.25, 0.3) is 0 Å². The van der Waals surface area contributed by atoms with E-state index in [0.29, 0.717) is 16.7 Å². The number of hydrogen-bond donors (Lipinski definition) is 2. The lowest BCUT2D eigenvalue weighted by atomic mass is 10.1. The Morgan fingerprint density at radius 3 is 2.61 bits per heavy atom. The minimum absolute atomic E-state index is 0.206. The molecule has 1 aromatic carbocycles. The summed E-state index contributed by atoms with van der Waals surface area (Å²) in [4.78, 5) is 10.5. The zero-order chi connectivity index (χ0) is 13.1. The fourth-order valence-electron chi connectivity index (χ4n) is 1.55. The van der Waals surface area contributed by atoms with Crippen LogP contribution in [0.5, 0.6) is 5.88 Å².